The molecule has 1 aromatic heterocycles. The lowest BCUT2D eigenvalue weighted by molar-refractivity contribution is 0.609. The average molecular weight is 365 g/mol. The molecule has 1 unspecified atom stereocenters. The second kappa shape index (κ2) is 8.57. The molecule has 0 bridgehead atoms. The number of likely N-dealkylation sites (N-methyl/N-ethyl adjacent to an activating group) is 1. The number of nitrogens with zero attached hydrogens (tertiary/aromatic N) is 1. The Morgan fingerprint density at radius 3 is 2.52 bits per heavy atom. The Hall–Kier alpha value is -0.840. The smallest absolute Gasteiger partial charge is 0.0419 e. The maximum absolute atomic E-state index is 4.55. The van der Waals surface area contributed by atoms with E-state index in [1.165, 1.54) is 10.5 Å². The molecular weight excluding hydrogens is 344 g/mol. The molecule has 0 amide bonds. The topological polar surface area (TPSA) is 24.9 Å². The summed E-state index contributed by atoms with van der Waals surface area (Å²) < 4.78 is 1.12. The van der Waals surface area contributed by atoms with Gasteiger partial charge in [0.05, 0.1) is 0 Å². The van der Waals surface area contributed by atoms with Crippen molar-refractivity contribution in [2.45, 2.75) is 30.7 Å². The zero-order valence-corrected chi connectivity index (χ0v) is 14.9. The van der Waals surface area contributed by atoms with E-state index >= 15 is 0 Å². The van der Waals surface area contributed by atoms with E-state index in [1.54, 1.807) is 0 Å². The molecule has 2 nitrogen and oxygen atoms in total. The van der Waals surface area contributed by atoms with Crippen molar-refractivity contribution < 1.29 is 0 Å². The van der Waals surface area contributed by atoms with E-state index < -0.39 is 0 Å². The van der Waals surface area contributed by atoms with Crippen molar-refractivity contribution in [3.05, 3.63) is 58.3 Å². The number of hydrogen-bond donors (Lipinski definition) is 1. The number of benzene rings is 1. The van der Waals surface area contributed by atoms with E-state index in [-0.39, 0.29) is 0 Å². The van der Waals surface area contributed by atoms with Gasteiger partial charge in [0, 0.05) is 39.5 Å². The number of halogens is 1. The van der Waals surface area contributed by atoms with Gasteiger partial charge >= 0.3 is 0 Å². The van der Waals surface area contributed by atoms with Crippen molar-refractivity contribution in [1.82, 2.24) is 10.3 Å². The van der Waals surface area contributed by atoms with Gasteiger partial charge in [0.2, 0.25) is 0 Å². The van der Waals surface area contributed by atoms with E-state index in [2.05, 4.69) is 69.6 Å². The summed E-state index contributed by atoms with van der Waals surface area (Å²) in [5.41, 5.74) is 2.45. The molecule has 1 heterocycles. The van der Waals surface area contributed by atoms with Gasteiger partial charge in [-0.1, -0.05) is 28.9 Å². The zero-order valence-electron chi connectivity index (χ0n) is 12.5. The van der Waals surface area contributed by atoms with Gasteiger partial charge in [-0.2, -0.15) is 0 Å². The molecule has 2 aromatic rings. The SMILES string of the molecule is CCc1ccc(CC(CSc2ccc(Br)cc2)NC)nc1. The van der Waals surface area contributed by atoms with Crippen molar-refractivity contribution >= 4 is 27.7 Å². The summed E-state index contributed by atoms with van der Waals surface area (Å²) in [6.07, 6.45) is 4.00. The number of aryl methyl sites for hydroxylation is 1. The summed E-state index contributed by atoms with van der Waals surface area (Å²) in [5, 5.41) is 3.39. The van der Waals surface area contributed by atoms with E-state index in [1.807, 2.05) is 25.0 Å². The predicted octanol–water partition coefficient (Wildman–Crippen LogP) is 4.33. The first-order valence-corrected chi connectivity index (χ1v) is 8.98. The Balaban J connectivity index is 1.88. The summed E-state index contributed by atoms with van der Waals surface area (Å²) in [4.78, 5) is 5.85. The lowest BCUT2D eigenvalue weighted by Crippen LogP contribution is -2.30. The van der Waals surface area contributed by atoms with Gasteiger partial charge in [-0.3, -0.25) is 4.98 Å². The van der Waals surface area contributed by atoms with Crippen LogP contribution in [-0.2, 0) is 12.8 Å². The highest BCUT2D eigenvalue weighted by molar-refractivity contribution is 9.10. The van der Waals surface area contributed by atoms with Gasteiger partial charge in [0.15, 0.2) is 0 Å². The Labute approximate surface area is 139 Å². The summed E-state index contributed by atoms with van der Waals surface area (Å²) in [6.45, 7) is 2.15. The largest absolute Gasteiger partial charge is 0.316 e. The average Bonchev–Trinajstić information content (AvgIpc) is 2.53. The lowest BCUT2D eigenvalue weighted by atomic mass is 10.1. The van der Waals surface area contributed by atoms with Gasteiger partial charge in [-0.05, 0) is 49.4 Å². The van der Waals surface area contributed by atoms with Crippen LogP contribution in [0.3, 0.4) is 0 Å². The highest BCUT2D eigenvalue weighted by Crippen LogP contribution is 2.22. The minimum absolute atomic E-state index is 0.429. The summed E-state index contributed by atoms with van der Waals surface area (Å²) >= 11 is 5.34. The van der Waals surface area contributed by atoms with Crippen LogP contribution in [0.5, 0.6) is 0 Å². The number of aromatic nitrogens is 1. The van der Waals surface area contributed by atoms with E-state index in [0.717, 1.165) is 28.8 Å². The molecule has 0 aliphatic rings. The lowest BCUT2D eigenvalue weighted by Gasteiger charge is -2.15. The minimum atomic E-state index is 0.429. The molecule has 2 rings (SSSR count). The predicted molar refractivity (Wildman–Crippen MR) is 95.0 cm³/mol. The summed E-state index contributed by atoms with van der Waals surface area (Å²) in [6, 6.07) is 13.2. The van der Waals surface area contributed by atoms with Crippen LogP contribution >= 0.6 is 27.7 Å². The fourth-order valence-corrected chi connectivity index (χ4v) is 3.28. The van der Waals surface area contributed by atoms with Crippen LogP contribution in [0.25, 0.3) is 0 Å². The Morgan fingerprint density at radius 2 is 1.95 bits per heavy atom. The van der Waals surface area contributed by atoms with Gasteiger partial charge in [-0.15, -0.1) is 11.8 Å². The highest BCUT2D eigenvalue weighted by atomic mass is 79.9. The van der Waals surface area contributed by atoms with Crippen LogP contribution in [0, 0.1) is 0 Å². The minimum Gasteiger partial charge on any atom is -0.316 e. The molecule has 112 valence electrons. The Morgan fingerprint density at radius 1 is 1.19 bits per heavy atom. The van der Waals surface area contributed by atoms with Gasteiger partial charge in [-0.25, -0.2) is 0 Å². The van der Waals surface area contributed by atoms with E-state index in [0.29, 0.717) is 6.04 Å². The quantitative estimate of drug-likeness (QED) is 0.740. The second-order valence-corrected chi connectivity index (χ2v) is 6.98. The molecular formula is C17H21BrN2S. The first-order chi connectivity index (χ1) is 10.2. The number of rotatable bonds is 7. The standard InChI is InChI=1S/C17H21BrN2S/c1-3-13-4-7-15(20-11-13)10-16(19-2)12-21-17-8-5-14(18)6-9-17/h4-9,11,16,19H,3,10,12H2,1-2H3. The fourth-order valence-electron chi connectivity index (χ4n) is 2.01. The summed E-state index contributed by atoms with van der Waals surface area (Å²) in [7, 11) is 2.02. The normalized spacial score (nSPS) is 12.3. The van der Waals surface area contributed by atoms with Crippen LogP contribution in [-0.4, -0.2) is 23.8 Å². The maximum atomic E-state index is 4.55. The molecule has 0 radical (unpaired) electrons. The van der Waals surface area contributed by atoms with Crippen molar-refractivity contribution in [2.75, 3.05) is 12.8 Å². The van der Waals surface area contributed by atoms with Gasteiger partial charge in [0.25, 0.3) is 0 Å². The van der Waals surface area contributed by atoms with Crippen molar-refractivity contribution in [3.8, 4) is 0 Å². The molecule has 1 N–H and O–H groups in total. The molecule has 0 saturated carbocycles. The van der Waals surface area contributed by atoms with Gasteiger partial charge < -0.3 is 5.32 Å². The third kappa shape index (κ3) is 5.46. The first-order valence-electron chi connectivity index (χ1n) is 7.20. The first kappa shape index (κ1) is 16.5. The molecule has 0 spiro atoms. The van der Waals surface area contributed by atoms with Crippen LogP contribution < -0.4 is 5.32 Å². The number of hydrogen-bond acceptors (Lipinski definition) is 3. The van der Waals surface area contributed by atoms with Crippen molar-refractivity contribution in [3.63, 3.8) is 0 Å². The maximum Gasteiger partial charge on any atom is 0.0419 e. The van der Waals surface area contributed by atoms with E-state index in [9.17, 15) is 0 Å². The second-order valence-electron chi connectivity index (χ2n) is 4.97. The molecule has 4 heteroatoms. The summed E-state index contributed by atoms with van der Waals surface area (Å²) in [5.74, 6) is 1.04. The molecule has 0 saturated heterocycles. The molecule has 1 atom stereocenters. The monoisotopic (exact) mass is 364 g/mol. The molecule has 21 heavy (non-hydrogen) atoms. The highest BCUT2D eigenvalue weighted by Gasteiger charge is 2.09. The van der Waals surface area contributed by atoms with E-state index in [4.69, 9.17) is 0 Å². The van der Waals surface area contributed by atoms with Crippen molar-refractivity contribution in [1.29, 1.82) is 0 Å². The van der Waals surface area contributed by atoms with Crippen LogP contribution in [0.1, 0.15) is 18.2 Å². The fraction of sp³-hybridized carbons (Fsp3) is 0.353. The Kier molecular flexibility index (Phi) is 6.74. The molecule has 1 aromatic carbocycles. The van der Waals surface area contributed by atoms with Crippen molar-refractivity contribution in [2.24, 2.45) is 0 Å². The number of thioether (sulfide) groups is 1. The number of nitrogens with one attached hydrogen (secondary N) is 1. The van der Waals surface area contributed by atoms with Crippen LogP contribution in [0.15, 0.2) is 52.0 Å². The third-order valence-corrected chi connectivity index (χ3v) is 5.13. The third-order valence-electron chi connectivity index (χ3n) is 3.42. The van der Waals surface area contributed by atoms with Crippen LogP contribution in [0.2, 0.25) is 0 Å². The van der Waals surface area contributed by atoms with Gasteiger partial charge in [0.1, 0.15) is 0 Å². The molecule has 0 aliphatic heterocycles. The molecule has 0 aliphatic carbocycles. The van der Waals surface area contributed by atoms with Crippen LogP contribution in [0.4, 0.5) is 0 Å². The number of pyridine rings is 1. The Bertz CT molecular complexity index is 540. The zero-order chi connectivity index (χ0) is 15.1. The molecule has 0 fully saturated rings.